The molecule has 1 aromatic carbocycles. The SMILES string of the molecule is CC(=O)CC[C@H](NC(=O)c1ccc(NCc2cnc3nc(N)nc(N)c3n2)cc1)C(=O)O. The molecule has 12 nitrogen and oxygen atoms in total. The van der Waals surface area contributed by atoms with Gasteiger partial charge in [0.2, 0.25) is 5.95 Å². The average molecular weight is 438 g/mol. The number of anilines is 3. The number of aliphatic carboxylic acids is 1. The van der Waals surface area contributed by atoms with Gasteiger partial charge in [0.15, 0.2) is 17.0 Å². The maximum atomic E-state index is 12.3. The second kappa shape index (κ2) is 9.64. The van der Waals surface area contributed by atoms with Crippen molar-refractivity contribution < 1.29 is 19.5 Å². The highest BCUT2D eigenvalue weighted by Gasteiger charge is 2.21. The number of amides is 1. The van der Waals surface area contributed by atoms with E-state index in [-0.39, 0.29) is 36.0 Å². The van der Waals surface area contributed by atoms with Crippen LogP contribution < -0.4 is 22.1 Å². The fraction of sp³-hybridized carbons (Fsp3) is 0.250. The van der Waals surface area contributed by atoms with E-state index in [1.54, 1.807) is 24.3 Å². The topological polar surface area (TPSA) is 199 Å². The van der Waals surface area contributed by atoms with Gasteiger partial charge in [-0.15, -0.1) is 0 Å². The van der Waals surface area contributed by atoms with Crippen LogP contribution in [0.5, 0.6) is 0 Å². The van der Waals surface area contributed by atoms with Crippen molar-refractivity contribution in [2.75, 3.05) is 16.8 Å². The molecule has 0 spiro atoms. The van der Waals surface area contributed by atoms with Crippen molar-refractivity contribution in [3.63, 3.8) is 0 Å². The first-order valence-corrected chi connectivity index (χ1v) is 9.64. The van der Waals surface area contributed by atoms with Gasteiger partial charge < -0.3 is 32.0 Å². The minimum absolute atomic E-state index is 0.0211. The molecule has 0 bridgehead atoms. The van der Waals surface area contributed by atoms with E-state index in [1.165, 1.54) is 13.1 Å². The van der Waals surface area contributed by atoms with Gasteiger partial charge >= 0.3 is 5.97 Å². The van der Waals surface area contributed by atoms with Gasteiger partial charge in [-0.3, -0.25) is 4.79 Å². The van der Waals surface area contributed by atoms with E-state index >= 15 is 0 Å². The number of fused-ring (bicyclic) bond motifs is 1. The molecule has 2 aromatic heterocycles. The first-order chi connectivity index (χ1) is 15.2. The Kier molecular flexibility index (Phi) is 6.73. The summed E-state index contributed by atoms with van der Waals surface area (Å²) in [6.07, 6.45) is 1.64. The number of carboxylic acid groups (broad SMARTS) is 1. The number of hydrogen-bond acceptors (Lipinski definition) is 10. The Morgan fingerprint density at radius 2 is 1.81 bits per heavy atom. The molecule has 1 atom stereocenters. The smallest absolute Gasteiger partial charge is 0.326 e. The molecule has 0 aliphatic heterocycles. The van der Waals surface area contributed by atoms with Gasteiger partial charge in [0.25, 0.3) is 5.91 Å². The van der Waals surface area contributed by atoms with Gasteiger partial charge in [-0.25, -0.2) is 14.8 Å². The van der Waals surface area contributed by atoms with E-state index in [0.29, 0.717) is 29.1 Å². The van der Waals surface area contributed by atoms with Crippen molar-refractivity contribution in [3.05, 3.63) is 41.7 Å². The molecule has 7 N–H and O–H groups in total. The summed E-state index contributed by atoms with van der Waals surface area (Å²) in [5.74, 6) is -1.71. The van der Waals surface area contributed by atoms with E-state index in [9.17, 15) is 19.5 Å². The number of ketones is 1. The van der Waals surface area contributed by atoms with Crippen molar-refractivity contribution in [2.24, 2.45) is 0 Å². The molecule has 2 heterocycles. The highest BCUT2D eigenvalue weighted by atomic mass is 16.4. The molecule has 166 valence electrons. The van der Waals surface area contributed by atoms with Crippen LogP contribution in [0.15, 0.2) is 30.5 Å². The van der Waals surface area contributed by atoms with E-state index in [2.05, 4.69) is 30.6 Å². The fourth-order valence-electron chi connectivity index (χ4n) is 2.85. The summed E-state index contributed by atoms with van der Waals surface area (Å²) in [6.45, 7) is 1.69. The maximum Gasteiger partial charge on any atom is 0.326 e. The van der Waals surface area contributed by atoms with Crippen molar-refractivity contribution in [3.8, 4) is 0 Å². The summed E-state index contributed by atoms with van der Waals surface area (Å²) in [5.41, 5.74) is 13.6. The second-order valence-corrected chi connectivity index (χ2v) is 7.04. The monoisotopic (exact) mass is 438 g/mol. The second-order valence-electron chi connectivity index (χ2n) is 7.04. The van der Waals surface area contributed by atoms with Crippen LogP contribution >= 0.6 is 0 Å². The standard InChI is InChI=1S/C20H22N8O4/c1-10(29)2-7-14(19(31)32)26-18(30)11-3-5-12(6-4-11)23-8-13-9-24-17-15(25-13)16(21)27-20(22)28-17/h3-6,9,14,23H,2,7-8H2,1H3,(H,26,30)(H,31,32)(H4,21,22,24,27,28)/t14-/m0/s1. The molecule has 3 aromatic rings. The van der Waals surface area contributed by atoms with Crippen molar-refractivity contribution in [1.82, 2.24) is 25.3 Å². The van der Waals surface area contributed by atoms with Crippen LogP contribution in [0.3, 0.4) is 0 Å². The Balaban J connectivity index is 1.62. The summed E-state index contributed by atoms with van der Waals surface area (Å²) in [5, 5.41) is 14.8. The first kappa shape index (κ1) is 22.3. The maximum absolute atomic E-state index is 12.3. The summed E-state index contributed by atoms with van der Waals surface area (Å²) in [6, 6.07) is 5.33. The van der Waals surface area contributed by atoms with Gasteiger partial charge in [0.05, 0.1) is 18.4 Å². The number of nitrogens with two attached hydrogens (primary N) is 2. The predicted octanol–water partition coefficient (Wildman–Crippen LogP) is 0.749. The number of carboxylic acids is 1. The lowest BCUT2D eigenvalue weighted by atomic mass is 10.1. The molecule has 3 rings (SSSR count). The number of Topliss-reactive ketones (excluding diaryl/α,β-unsaturated/α-hetero) is 1. The summed E-state index contributed by atoms with van der Waals surface area (Å²) in [7, 11) is 0. The van der Waals surface area contributed by atoms with Gasteiger partial charge in [0.1, 0.15) is 11.8 Å². The Morgan fingerprint density at radius 3 is 2.47 bits per heavy atom. The molecule has 0 saturated carbocycles. The molecule has 32 heavy (non-hydrogen) atoms. The Morgan fingerprint density at radius 1 is 1.09 bits per heavy atom. The largest absolute Gasteiger partial charge is 0.480 e. The zero-order valence-electron chi connectivity index (χ0n) is 17.2. The number of carbonyl (C=O) groups excluding carboxylic acids is 2. The van der Waals surface area contributed by atoms with Crippen LogP contribution in [-0.2, 0) is 16.1 Å². The number of benzene rings is 1. The lowest BCUT2D eigenvalue weighted by Gasteiger charge is -2.14. The molecular weight excluding hydrogens is 416 g/mol. The molecule has 0 saturated heterocycles. The van der Waals surface area contributed by atoms with Gasteiger partial charge in [-0.1, -0.05) is 0 Å². The number of nitrogens with zero attached hydrogens (tertiary/aromatic N) is 4. The number of carbonyl (C=O) groups is 3. The van der Waals surface area contributed by atoms with Crippen LogP contribution in [0.2, 0.25) is 0 Å². The number of hydrogen-bond donors (Lipinski definition) is 5. The minimum atomic E-state index is -1.19. The van der Waals surface area contributed by atoms with Crippen molar-refractivity contribution >= 4 is 46.3 Å². The molecule has 0 fully saturated rings. The molecule has 0 aliphatic rings. The Hall–Kier alpha value is -4.35. The number of nitrogens with one attached hydrogen (secondary N) is 2. The third kappa shape index (κ3) is 5.62. The van der Waals surface area contributed by atoms with Crippen LogP contribution in [0.25, 0.3) is 11.2 Å². The number of nitrogen functional groups attached to an aromatic ring is 2. The van der Waals surface area contributed by atoms with E-state index in [1.807, 2.05) is 0 Å². The summed E-state index contributed by atoms with van der Waals surface area (Å²) < 4.78 is 0. The molecule has 0 radical (unpaired) electrons. The minimum Gasteiger partial charge on any atom is -0.480 e. The third-order valence-electron chi connectivity index (χ3n) is 4.51. The van der Waals surface area contributed by atoms with Gasteiger partial charge in [-0.2, -0.15) is 9.97 Å². The lowest BCUT2D eigenvalue weighted by molar-refractivity contribution is -0.139. The highest BCUT2D eigenvalue weighted by Crippen LogP contribution is 2.16. The molecule has 12 heteroatoms. The van der Waals surface area contributed by atoms with Gasteiger partial charge in [0, 0.05) is 17.7 Å². The summed E-state index contributed by atoms with van der Waals surface area (Å²) >= 11 is 0. The van der Waals surface area contributed by atoms with Crippen LogP contribution in [-0.4, -0.2) is 48.7 Å². The van der Waals surface area contributed by atoms with Crippen LogP contribution in [0, 0.1) is 0 Å². The lowest BCUT2D eigenvalue weighted by Crippen LogP contribution is -2.41. The van der Waals surface area contributed by atoms with E-state index in [4.69, 9.17) is 11.5 Å². The Labute approximate surface area is 182 Å². The summed E-state index contributed by atoms with van der Waals surface area (Å²) in [4.78, 5) is 51.1. The van der Waals surface area contributed by atoms with E-state index in [0.717, 1.165) is 0 Å². The average Bonchev–Trinajstić information content (AvgIpc) is 2.75. The Bertz CT molecular complexity index is 1170. The van der Waals surface area contributed by atoms with Crippen LogP contribution in [0.4, 0.5) is 17.5 Å². The van der Waals surface area contributed by atoms with Crippen molar-refractivity contribution in [2.45, 2.75) is 32.4 Å². The first-order valence-electron chi connectivity index (χ1n) is 9.64. The van der Waals surface area contributed by atoms with Crippen LogP contribution in [0.1, 0.15) is 35.8 Å². The fourth-order valence-corrected chi connectivity index (χ4v) is 2.85. The van der Waals surface area contributed by atoms with Gasteiger partial charge in [-0.05, 0) is 37.6 Å². The number of rotatable bonds is 9. The third-order valence-corrected chi connectivity index (χ3v) is 4.51. The molecule has 0 aliphatic carbocycles. The zero-order chi connectivity index (χ0) is 23.3. The zero-order valence-corrected chi connectivity index (χ0v) is 17.2. The molecule has 0 unspecified atom stereocenters. The molecular formula is C20H22N8O4. The number of aromatic nitrogens is 4. The van der Waals surface area contributed by atoms with Crippen molar-refractivity contribution in [1.29, 1.82) is 0 Å². The highest BCUT2D eigenvalue weighted by molar-refractivity contribution is 5.97. The predicted molar refractivity (Wildman–Crippen MR) is 117 cm³/mol. The van der Waals surface area contributed by atoms with E-state index < -0.39 is 17.9 Å². The normalized spacial score (nSPS) is 11.7. The quantitative estimate of drug-likeness (QED) is 0.316. The molecule has 1 amide bonds.